The molecule has 3 heterocycles. The average molecular weight is 272 g/mol. The third-order valence-corrected chi connectivity index (χ3v) is 3.59. The normalized spacial score (nSPS) is 10.8. The minimum atomic E-state index is -0.139. The third-order valence-electron chi connectivity index (χ3n) is 2.71. The van der Waals surface area contributed by atoms with Crippen molar-refractivity contribution in [3.63, 3.8) is 0 Å². The maximum absolute atomic E-state index is 11.7. The van der Waals surface area contributed by atoms with Crippen molar-refractivity contribution in [1.29, 1.82) is 0 Å². The Balaban J connectivity index is 1.98. The lowest BCUT2D eigenvalue weighted by atomic mass is 10.2. The SMILES string of the molecule is Cn1cc(-c2cc(=O)[nH]c(Cc3cccs3)n2)cn1. The van der Waals surface area contributed by atoms with Gasteiger partial charge in [0.15, 0.2) is 0 Å². The highest BCUT2D eigenvalue weighted by molar-refractivity contribution is 7.09. The van der Waals surface area contributed by atoms with Gasteiger partial charge in [-0.15, -0.1) is 11.3 Å². The molecule has 1 N–H and O–H groups in total. The molecule has 6 heteroatoms. The molecule has 0 saturated carbocycles. The Kier molecular flexibility index (Phi) is 3.00. The van der Waals surface area contributed by atoms with Crippen LogP contribution in [0.25, 0.3) is 11.3 Å². The number of aryl methyl sites for hydroxylation is 1. The summed E-state index contributed by atoms with van der Waals surface area (Å²) in [6.45, 7) is 0. The van der Waals surface area contributed by atoms with Crippen LogP contribution in [0.5, 0.6) is 0 Å². The Labute approximate surface area is 113 Å². The first kappa shape index (κ1) is 11.9. The van der Waals surface area contributed by atoms with Crippen LogP contribution in [0, 0.1) is 0 Å². The molecule has 0 aliphatic heterocycles. The second-order valence-corrected chi connectivity index (χ2v) is 5.27. The largest absolute Gasteiger partial charge is 0.310 e. The summed E-state index contributed by atoms with van der Waals surface area (Å²) in [7, 11) is 1.84. The summed E-state index contributed by atoms with van der Waals surface area (Å²) in [5.41, 5.74) is 1.37. The van der Waals surface area contributed by atoms with Gasteiger partial charge in [-0.05, 0) is 11.4 Å². The van der Waals surface area contributed by atoms with Crippen molar-refractivity contribution >= 4 is 11.3 Å². The molecule has 0 bridgehead atoms. The van der Waals surface area contributed by atoms with Crippen LogP contribution in [0.3, 0.4) is 0 Å². The summed E-state index contributed by atoms with van der Waals surface area (Å²) in [5.74, 6) is 0.675. The molecule has 0 aromatic carbocycles. The zero-order chi connectivity index (χ0) is 13.2. The first-order valence-electron chi connectivity index (χ1n) is 5.82. The standard InChI is InChI=1S/C13H12N4OS/c1-17-8-9(7-14-17)11-6-13(18)16-12(15-11)5-10-3-2-4-19-10/h2-4,6-8H,5H2,1H3,(H,15,16,18). The van der Waals surface area contributed by atoms with Crippen LogP contribution < -0.4 is 5.56 Å². The molecule has 0 radical (unpaired) electrons. The van der Waals surface area contributed by atoms with Crippen LogP contribution in [0.4, 0.5) is 0 Å². The molecule has 3 rings (SSSR count). The van der Waals surface area contributed by atoms with Gasteiger partial charge in [-0.2, -0.15) is 5.10 Å². The Morgan fingerprint density at radius 3 is 3.05 bits per heavy atom. The fraction of sp³-hybridized carbons (Fsp3) is 0.154. The molecule has 3 aromatic heterocycles. The highest BCUT2D eigenvalue weighted by Gasteiger charge is 2.07. The quantitative estimate of drug-likeness (QED) is 0.791. The predicted molar refractivity (Wildman–Crippen MR) is 74.2 cm³/mol. The van der Waals surface area contributed by atoms with Crippen LogP contribution in [0.2, 0.25) is 0 Å². The van der Waals surface area contributed by atoms with E-state index in [0.29, 0.717) is 17.9 Å². The molecule has 0 aliphatic carbocycles. The van der Waals surface area contributed by atoms with E-state index in [2.05, 4.69) is 15.1 Å². The van der Waals surface area contributed by atoms with Crippen LogP contribution in [0.15, 0.2) is 40.8 Å². The first-order valence-corrected chi connectivity index (χ1v) is 6.70. The van der Waals surface area contributed by atoms with Crippen LogP contribution >= 0.6 is 11.3 Å². The second kappa shape index (κ2) is 4.81. The van der Waals surface area contributed by atoms with Gasteiger partial charge in [0, 0.05) is 36.2 Å². The van der Waals surface area contributed by atoms with E-state index in [0.717, 1.165) is 5.56 Å². The van der Waals surface area contributed by atoms with E-state index in [4.69, 9.17) is 0 Å². The number of nitrogens with one attached hydrogen (secondary N) is 1. The molecule has 0 spiro atoms. The molecule has 0 aliphatic rings. The molecular formula is C13H12N4OS. The zero-order valence-electron chi connectivity index (χ0n) is 10.3. The van der Waals surface area contributed by atoms with Gasteiger partial charge in [-0.1, -0.05) is 6.07 Å². The lowest BCUT2D eigenvalue weighted by Gasteiger charge is -2.01. The van der Waals surface area contributed by atoms with Gasteiger partial charge in [0.25, 0.3) is 5.56 Å². The van der Waals surface area contributed by atoms with E-state index in [9.17, 15) is 4.79 Å². The van der Waals surface area contributed by atoms with Crippen molar-refractivity contribution in [2.24, 2.45) is 7.05 Å². The minimum Gasteiger partial charge on any atom is -0.310 e. The third kappa shape index (κ3) is 2.63. The number of thiophene rings is 1. The topological polar surface area (TPSA) is 63.6 Å². The summed E-state index contributed by atoms with van der Waals surface area (Å²) in [6, 6.07) is 5.51. The summed E-state index contributed by atoms with van der Waals surface area (Å²) in [6.07, 6.45) is 4.19. The predicted octanol–water partition coefficient (Wildman–Crippen LogP) is 1.82. The molecule has 3 aromatic rings. The maximum Gasteiger partial charge on any atom is 0.251 e. The summed E-state index contributed by atoms with van der Waals surface area (Å²) < 4.78 is 1.69. The average Bonchev–Trinajstić information content (AvgIpc) is 3.00. The smallest absolute Gasteiger partial charge is 0.251 e. The van der Waals surface area contributed by atoms with Gasteiger partial charge >= 0.3 is 0 Å². The van der Waals surface area contributed by atoms with E-state index in [1.54, 1.807) is 22.2 Å². The van der Waals surface area contributed by atoms with Crippen LogP contribution in [0.1, 0.15) is 10.7 Å². The maximum atomic E-state index is 11.7. The minimum absolute atomic E-state index is 0.139. The van der Waals surface area contributed by atoms with Gasteiger partial charge in [-0.25, -0.2) is 4.98 Å². The van der Waals surface area contributed by atoms with Gasteiger partial charge in [0.05, 0.1) is 11.9 Å². The molecule has 0 amide bonds. The number of hydrogen-bond donors (Lipinski definition) is 1. The molecule has 0 saturated heterocycles. The van der Waals surface area contributed by atoms with Crippen molar-refractivity contribution < 1.29 is 0 Å². The van der Waals surface area contributed by atoms with Gasteiger partial charge in [0.2, 0.25) is 0 Å². The van der Waals surface area contributed by atoms with Crippen LogP contribution in [-0.2, 0) is 13.5 Å². The van der Waals surface area contributed by atoms with E-state index in [-0.39, 0.29) is 5.56 Å². The van der Waals surface area contributed by atoms with Crippen molar-refractivity contribution in [2.75, 3.05) is 0 Å². The summed E-state index contributed by atoms with van der Waals surface area (Å²) in [5, 5.41) is 6.11. The molecule has 5 nitrogen and oxygen atoms in total. The fourth-order valence-electron chi connectivity index (χ4n) is 1.87. The van der Waals surface area contributed by atoms with E-state index < -0.39 is 0 Å². The number of hydrogen-bond acceptors (Lipinski definition) is 4. The Morgan fingerprint density at radius 1 is 1.47 bits per heavy atom. The highest BCUT2D eigenvalue weighted by Crippen LogP contribution is 2.16. The number of H-pyrrole nitrogens is 1. The van der Waals surface area contributed by atoms with Crippen LogP contribution in [-0.4, -0.2) is 19.7 Å². The van der Waals surface area contributed by atoms with Crippen molar-refractivity contribution in [2.45, 2.75) is 6.42 Å². The van der Waals surface area contributed by atoms with E-state index in [1.165, 1.54) is 10.9 Å². The number of nitrogens with zero attached hydrogens (tertiary/aromatic N) is 3. The van der Waals surface area contributed by atoms with Gasteiger partial charge in [0.1, 0.15) is 5.82 Å². The Bertz CT molecular complexity index is 742. The van der Waals surface area contributed by atoms with Crippen molar-refractivity contribution in [3.05, 3.63) is 57.0 Å². The summed E-state index contributed by atoms with van der Waals surface area (Å²) >= 11 is 1.65. The Morgan fingerprint density at radius 2 is 2.37 bits per heavy atom. The number of aromatic nitrogens is 4. The van der Waals surface area contributed by atoms with Crippen molar-refractivity contribution in [1.82, 2.24) is 19.7 Å². The lowest BCUT2D eigenvalue weighted by Crippen LogP contribution is -2.11. The fourth-order valence-corrected chi connectivity index (χ4v) is 2.58. The molecule has 0 fully saturated rings. The molecule has 0 atom stereocenters. The molecular weight excluding hydrogens is 260 g/mol. The molecule has 96 valence electrons. The van der Waals surface area contributed by atoms with E-state index in [1.807, 2.05) is 30.8 Å². The van der Waals surface area contributed by atoms with E-state index >= 15 is 0 Å². The number of rotatable bonds is 3. The van der Waals surface area contributed by atoms with Gasteiger partial charge < -0.3 is 4.98 Å². The van der Waals surface area contributed by atoms with Gasteiger partial charge in [-0.3, -0.25) is 9.48 Å². The monoisotopic (exact) mass is 272 g/mol. The molecule has 19 heavy (non-hydrogen) atoms. The Hall–Kier alpha value is -2.21. The zero-order valence-corrected chi connectivity index (χ0v) is 11.1. The lowest BCUT2D eigenvalue weighted by molar-refractivity contribution is 0.768. The second-order valence-electron chi connectivity index (χ2n) is 4.24. The van der Waals surface area contributed by atoms with Crippen molar-refractivity contribution in [3.8, 4) is 11.3 Å². The highest BCUT2D eigenvalue weighted by atomic mass is 32.1. The summed E-state index contributed by atoms with van der Waals surface area (Å²) in [4.78, 5) is 20.1. The number of aromatic amines is 1. The first-order chi connectivity index (χ1) is 9.20. The molecule has 0 unspecified atom stereocenters.